The summed E-state index contributed by atoms with van der Waals surface area (Å²) in [5.41, 5.74) is 11.0. The van der Waals surface area contributed by atoms with Crippen LogP contribution >= 0.6 is 15.8 Å². The van der Waals surface area contributed by atoms with E-state index in [0.717, 1.165) is 12.8 Å². The van der Waals surface area contributed by atoms with Gasteiger partial charge in [-0.25, -0.2) is 0 Å². The van der Waals surface area contributed by atoms with Crippen LogP contribution in [0, 0.1) is 12.1 Å². The van der Waals surface area contributed by atoms with E-state index in [0.29, 0.717) is 0 Å². The van der Waals surface area contributed by atoms with Crippen LogP contribution < -0.4 is 35.4 Å². The fourth-order valence-corrected chi connectivity index (χ4v) is 15.5. The first kappa shape index (κ1) is 66.0. The second kappa shape index (κ2) is 37.5. The number of halogens is 2. The molecular formula is C68H82Cl2P2Zr2-2. The van der Waals surface area contributed by atoms with Crippen molar-refractivity contribution in [1.29, 1.82) is 0 Å². The van der Waals surface area contributed by atoms with E-state index in [1.165, 1.54) is 193 Å². The molecule has 6 heteroatoms. The Kier molecular flexibility index (Phi) is 33.5. The van der Waals surface area contributed by atoms with E-state index >= 15 is 0 Å². The van der Waals surface area contributed by atoms with Gasteiger partial charge in [0.2, 0.25) is 0 Å². The molecule has 0 saturated carbocycles. The third-order valence-corrected chi connectivity index (χ3v) is 19.7. The Morgan fingerprint density at radius 2 is 0.703 bits per heavy atom. The molecule has 0 unspecified atom stereocenters. The molecule has 0 fully saturated rings. The fraction of sp³-hybridized carbons (Fsp3) is 0.382. The second-order valence-corrected chi connectivity index (χ2v) is 24.7. The molecule has 0 aliphatic heterocycles. The SMILES string of the molecule is CCCCCCP(CCCCCC)c1cc2ccccc2[cH-]1.CCCCCCP(CCCCCC)c1cc2ccccc2[cH-]1.[Cl-].[Cl-].[Zr+2].[Zr+2].[c-]1cccc2c1Cc1ccccc1-2.[c-]1cccc2c1Cc1ccccc1-2. The summed E-state index contributed by atoms with van der Waals surface area (Å²) in [6.07, 6.45) is 30.2. The third kappa shape index (κ3) is 20.2. The summed E-state index contributed by atoms with van der Waals surface area (Å²) in [7, 11) is 0.128. The summed E-state index contributed by atoms with van der Waals surface area (Å²) in [6.45, 7) is 9.21. The zero-order chi connectivity index (χ0) is 48.6. The molecule has 0 heterocycles. The fourth-order valence-electron chi connectivity index (χ4n) is 10.3. The Bertz CT molecular complexity index is 2370. The summed E-state index contributed by atoms with van der Waals surface area (Å²) < 4.78 is 0. The maximum Gasteiger partial charge on any atom is 2.00 e. The van der Waals surface area contributed by atoms with Gasteiger partial charge >= 0.3 is 52.4 Å². The molecule has 0 spiro atoms. The predicted molar refractivity (Wildman–Crippen MR) is 315 cm³/mol. The van der Waals surface area contributed by atoms with Crippen LogP contribution in [0.2, 0.25) is 0 Å². The molecule has 2 aliphatic rings. The zero-order valence-corrected chi connectivity index (χ0v) is 53.4. The van der Waals surface area contributed by atoms with Gasteiger partial charge in [0.1, 0.15) is 0 Å². The first-order chi connectivity index (χ1) is 34.6. The normalized spacial score (nSPS) is 11.2. The number of rotatable bonds is 22. The van der Waals surface area contributed by atoms with Crippen LogP contribution in [0.5, 0.6) is 0 Å². The van der Waals surface area contributed by atoms with Gasteiger partial charge in [-0.2, -0.15) is 71.8 Å². The first-order valence-corrected chi connectivity index (χ1v) is 31.0. The van der Waals surface area contributed by atoms with Gasteiger partial charge in [0.15, 0.2) is 0 Å². The van der Waals surface area contributed by atoms with E-state index in [2.05, 4.69) is 185 Å². The summed E-state index contributed by atoms with van der Waals surface area (Å²) >= 11 is 0. The van der Waals surface area contributed by atoms with Crippen molar-refractivity contribution in [2.75, 3.05) is 24.6 Å². The average molecular weight is 1210 g/mol. The van der Waals surface area contributed by atoms with E-state index in [4.69, 9.17) is 0 Å². The van der Waals surface area contributed by atoms with Crippen molar-refractivity contribution in [3.63, 3.8) is 0 Å². The van der Waals surface area contributed by atoms with Crippen molar-refractivity contribution in [3.8, 4) is 22.3 Å². The zero-order valence-electron chi connectivity index (χ0n) is 45.2. The molecule has 0 nitrogen and oxygen atoms in total. The molecule has 0 bridgehead atoms. The van der Waals surface area contributed by atoms with Gasteiger partial charge in [0.25, 0.3) is 0 Å². The smallest absolute Gasteiger partial charge is 1.00 e. The molecule has 74 heavy (non-hydrogen) atoms. The number of hydrogen-bond donors (Lipinski definition) is 0. The standard InChI is InChI=1S/2C21H32P.2C13H9.2ClH.2Zr/c2*1-3-5-7-11-15-22(16-12-8-6-4-2)21-17-19-13-9-10-14-20(19)18-21;2*1-3-7-12-10(5-1)9-11-6-2-4-8-13(11)12;;;;/h2*9-10,13-14,17-18H,3-8,11-12,15-16H2,1-2H3;2*1-5,7-8H,9H2;2*1H;;/q4*-1;;;2*+2/p-2. The minimum Gasteiger partial charge on any atom is -1.00 e. The first-order valence-electron chi connectivity index (χ1n) is 27.6. The molecule has 8 aromatic rings. The van der Waals surface area contributed by atoms with Crippen LogP contribution in [0.25, 0.3) is 43.8 Å². The summed E-state index contributed by atoms with van der Waals surface area (Å²) in [6, 6.07) is 63.8. The number of fused-ring (bicyclic) bond motifs is 8. The van der Waals surface area contributed by atoms with Gasteiger partial charge in [0, 0.05) is 0 Å². The van der Waals surface area contributed by atoms with Crippen molar-refractivity contribution in [3.05, 3.63) is 192 Å². The number of unbranched alkanes of at least 4 members (excludes halogenated alkanes) is 12. The molecule has 0 aromatic heterocycles. The molecule has 8 aromatic carbocycles. The molecule has 2 aliphatic carbocycles. The van der Waals surface area contributed by atoms with E-state index in [1.54, 1.807) is 10.6 Å². The van der Waals surface area contributed by atoms with E-state index in [1.807, 2.05) is 12.1 Å². The number of hydrogen-bond acceptors (Lipinski definition) is 0. The quantitative estimate of drug-likeness (QED) is 0.0360. The largest absolute Gasteiger partial charge is 2.00 e. The van der Waals surface area contributed by atoms with Crippen molar-refractivity contribution in [2.45, 2.75) is 143 Å². The van der Waals surface area contributed by atoms with Crippen LogP contribution in [0.1, 0.15) is 153 Å². The topological polar surface area (TPSA) is 0 Å². The maximum atomic E-state index is 3.30. The van der Waals surface area contributed by atoms with Crippen molar-refractivity contribution >= 4 is 48.0 Å². The van der Waals surface area contributed by atoms with Gasteiger partial charge < -0.3 is 24.8 Å². The van der Waals surface area contributed by atoms with Gasteiger partial charge in [-0.3, -0.25) is 0 Å². The molecule has 10 rings (SSSR count). The molecule has 0 radical (unpaired) electrons. The Labute approximate surface area is 502 Å². The minimum absolute atomic E-state index is 0. The third-order valence-electron chi connectivity index (χ3n) is 14.3. The van der Waals surface area contributed by atoms with Crippen LogP contribution in [0.3, 0.4) is 0 Å². The van der Waals surface area contributed by atoms with Gasteiger partial charge in [-0.1, -0.05) is 204 Å². The number of benzene rings is 6. The van der Waals surface area contributed by atoms with E-state index in [9.17, 15) is 0 Å². The minimum atomic E-state index is 0. The molecular weight excluding hydrogens is 1130 g/mol. The van der Waals surface area contributed by atoms with Crippen molar-refractivity contribution in [1.82, 2.24) is 0 Å². The van der Waals surface area contributed by atoms with E-state index in [-0.39, 0.29) is 93.1 Å². The van der Waals surface area contributed by atoms with Gasteiger partial charge in [-0.05, 0) is 63.2 Å². The van der Waals surface area contributed by atoms with Crippen molar-refractivity contribution in [2.24, 2.45) is 0 Å². The van der Waals surface area contributed by atoms with Crippen LogP contribution in [0.15, 0.2) is 158 Å². The molecule has 388 valence electrons. The van der Waals surface area contributed by atoms with Gasteiger partial charge in [-0.15, -0.1) is 91.8 Å². The predicted octanol–water partition coefficient (Wildman–Crippen LogP) is 13.8. The Hall–Kier alpha value is -2.25. The van der Waals surface area contributed by atoms with Crippen LogP contribution in [-0.2, 0) is 65.2 Å². The monoisotopic (exact) mass is 1210 g/mol. The molecule has 0 amide bonds. The molecule has 0 N–H and O–H groups in total. The molecule has 0 atom stereocenters. The Morgan fingerprint density at radius 3 is 1.05 bits per heavy atom. The summed E-state index contributed by atoms with van der Waals surface area (Å²) in [4.78, 5) is 0. The van der Waals surface area contributed by atoms with E-state index < -0.39 is 0 Å². The Balaban J connectivity index is 0.000000262. The summed E-state index contributed by atoms with van der Waals surface area (Å²) in [5, 5.41) is 9.06. The Morgan fingerprint density at radius 1 is 0.378 bits per heavy atom. The van der Waals surface area contributed by atoms with Crippen LogP contribution in [0.4, 0.5) is 0 Å². The average Bonchev–Trinajstić information content (AvgIpc) is 4.21. The molecule has 0 saturated heterocycles. The van der Waals surface area contributed by atoms with Crippen LogP contribution in [-0.4, -0.2) is 24.6 Å². The second-order valence-electron chi connectivity index (χ2n) is 19.7. The maximum absolute atomic E-state index is 3.30. The van der Waals surface area contributed by atoms with Crippen molar-refractivity contribution < 1.29 is 77.2 Å². The van der Waals surface area contributed by atoms with Gasteiger partial charge in [0.05, 0.1) is 0 Å². The summed E-state index contributed by atoms with van der Waals surface area (Å²) in [5.74, 6) is 0.